The van der Waals surface area contributed by atoms with Crippen LogP contribution >= 0.6 is 0 Å². The monoisotopic (exact) mass is 323 g/mol. The lowest BCUT2D eigenvalue weighted by Gasteiger charge is -2.32. The minimum Gasteiger partial charge on any atom is -0.383 e. The minimum atomic E-state index is 0.562. The van der Waals surface area contributed by atoms with Crippen molar-refractivity contribution in [2.24, 2.45) is 5.92 Å². The molecule has 0 aliphatic carbocycles. The van der Waals surface area contributed by atoms with Gasteiger partial charge in [-0.1, -0.05) is 12.1 Å². The van der Waals surface area contributed by atoms with Gasteiger partial charge in [0.15, 0.2) is 0 Å². The third-order valence-corrected chi connectivity index (χ3v) is 4.56. The summed E-state index contributed by atoms with van der Waals surface area (Å²) in [7, 11) is 0. The van der Waals surface area contributed by atoms with Crippen LogP contribution in [0.3, 0.4) is 0 Å². The number of hydrogen-bond donors (Lipinski definition) is 1. The lowest BCUT2D eigenvalue weighted by atomic mass is 9.98. The van der Waals surface area contributed by atoms with E-state index in [1.165, 1.54) is 12.8 Å². The predicted molar refractivity (Wildman–Crippen MR) is 92.0 cm³/mol. The van der Waals surface area contributed by atoms with Gasteiger partial charge in [-0.15, -0.1) is 0 Å². The van der Waals surface area contributed by atoms with Crippen LogP contribution in [0.5, 0.6) is 0 Å². The number of hydrogen-bond acceptors (Lipinski definition) is 6. The summed E-state index contributed by atoms with van der Waals surface area (Å²) in [5.41, 5.74) is 7.00. The second-order valence-corrected chi connectivity index (χ2v) is 6.40. The molecule has 3 heterocycles. The van der Waals surface area contributed by atoms with Crippen LogP contribution in [0, 0.1) is 5.92 Å². The normalized spacial score (nSPS) is 18.9. The average Bonchev–Trinajstić information content (AvgIpc) is 3.08. The Kier molecular flexibility index (Phi) is 4.08. The van der Waals surface area contributed by atoms with Crippen molar-refractivity contribution >= 4 is 16.7 Å². The van der Waals surface area contributed by atoms with E-state index >= 15 is 0 Å². The smallest absolute Gasteiger partial charge is 0.145 e. The highest BCUT2D eigenvalue weighted by Gasteiger charge is 2.21. The maximum atomic E-state index is 6.09. The fraction of sp³-hybridized carbons (Fsp3) is 0.412. The molecule has 7 heteroatoms. The largest absolute Gasteiger partial charge is 0.383 e. The fourth-order valence-corrected chi connectivity index (χ4v) is 3.46. The zero-order valence-corrected chi connectivity index (χ0v) is 13.5. The van der Waals surface area contributed by atoms with Gasteiger partial charge in [-0.3, -0.25) is 9.58 Å². The Balaban J connectivity index is 1.46. The van der Waals surface area contributed by atoms with Crippen LogP contribution in [0.25, 0.3) is 10.9 Å². The molecule has 1 aromatic carbocycles. The van der Waals surface area contributed by atoms with Crippen molar-refractivity contribution < 1.29 is 0 Å². The zero-order valence-electron chi connectivity index (χ0n) is 13.5. The van der Waals surface area contributed by atoms with Crippen LogP contribution < -0.4 is 5.73 Å². The first-order valence-corrected chi connectivity index (χ1v) is 8.34. The van der Waals surface area contributed by atoms with Gasteiger partial charge in [0.2, 0.25) is 0 Å². The van der Waals surface area contributed by atoms with Gasteiger partial charge in [0.1, 0.15) is 24.3 Å². The maximum Gasteiger partial charge on any atom is 0.145 e. The molecule has 24 heavy (non-hydrogen) atoms. The molecule has 0 bridgehead atoms. The molecular formula is C17H21N7. The van der Waals surface area contributed by atoms with Crippen LogP contribution in [0.4, 0.5) is 5.82 Å². The molecule has 1 atom stereocenters. The highest BCUT2D eigenvalue weighted by atomic mass is 15.3. The van der Waals surface area contributed by atoms with Gasteiger partial charge in [0.05, 0.1) is 12.1 Å². The Morgan fingerprint density at radius 1 is 1.21 bits per heavy atom. The summed E-state index contributed by atoms with van der Waals surface area (Å²) < 4.78 is 1.92. The van der Waals surface area contributed by atoms with E-state index in [1.54, 1.807) is 12.7 Å². The van der Waals surface area contributed by atoms with E-state index < -0.39 is 0 Å². The van der Waals surface area contributed by atoms with Crippen LogP contribution in [-0.4, -0.2) is 42.7 Å². The summed E-state index contributed by atoms with van der Waals surface area (Å²) in [5, 5.41) is 5.13. The number of nitrogen functional groups attached to an aromatic ring is 1. The van der Waals surface area contributed by atoms with Crippen molar-refractivity contribution in [1.29, 1.82) is 0 Å². The van der Waals surface area contributed by atoms with E-state index in [-0.39, 0.29) is 0 Å². The Hall–Kier alpha value is -2.54. The molecule has 3 aromatic rings. The Morgan fingerprint density at radius 3 is 3.00 bits per heavy atom. The first-order chi connectivity index (χ1) is 11.8. The van der Waals surface area contributed by atoms with Gasteiger partial charge in [0.25, 0.3) is 0 Å². The van der Waals surface area contributed by atoms with Crippen molar-refractivity contribution in [2.75, 3.05) is 18.8 Å². The molecule has 1 aliphatic heterocycles. The minimum absolute atomic E-state index is 0.562. The molecule has 2 N–H and O–H groups in total. The molecule has 0 spiro atoms. The van der Waals surface area contributed by atoms with Gasteiger partial charge in [-0.2, -0.15) is 5.10 Å². The third kappa shape index (κ3) is 3.21. The van der Waals surface area contributed by atoms with Crippen LogP contribution in [0.1, 0.15) is 18.7 Å². The second kappa shape index (κ2) is 6.52. The van der Waals surface area contributed by atoms with Crippen molar-refractivity contribution in [2.45, 2.75) is 25.9 Å². The van der Waals surface area contributed by atoms with Crippen molar-refractivity contribution in [3.05, 3.63) is 42.7 Å². The summed E-state index contributed by atoms with van der Waals surface area (Å²) >= 11 is 0. The summed E-state index contributed by atoms with van der Waals surface area (Å²) in [6.07, 6.45) is 5.78. The van der Waals surface area contributed by atoms with Crippen LogP contribution in [-0.2, 0) is 13.1 Å². The van der Waals surface area contributed by atoms with E-state index in [1.807, 2.05) is 28.9 Å². The van der Waals surface area contributed by atoms with E-state index in [0.717, 1.165) is 42.9 Å². The summed E-state index contributed by atoms with van der Waals surface area (Å²) in [6, 6.07) is 7.89. The lowest BCUT2D eigenvalue weighted by molar-refractivity contribution is 0.150. The highest BCUT2D eigenvalue weighted by molar-refractivity contribution is 5.87. The number of fused-ring (bicyclic) bond motifs is 1. The molecule has 4 rings (SSSR count). The summed E-state index contributed by atoms with van der Waals surface area (Å²) in [5.74, 6) is 1.94. The highest BCUT2D eigenvalue weighted by Crippen LogP contribution is 2.21. The van der Waals surface area contributed by atoms with Gasteiger partial charge < -0.3 is 5.73 Å². The average molecular weight is 323 g/mol. The number of likely N-dealkylation sites (tertiary alicyclic amines) is 1. The zero-order chi connectivity index (χ0) is 16.4. The Morgan fingerprint density at radius 2 is 2.12 bits per heavy atom. The molecule has 2 aromatic heterocycles. The van der Waals surface area contributed by atoms with E-state index in [9.17, 15) is 0 Å². The number of benzene rings is 1. The van der Waals surface area contributed by atoms with Crippen molar-refractivity contribution in [1.82, 2.24) is 29.6 Å². The van der Waals surface area contributed by atoms with Gasteiger partial charge in [-0.05, 0) is 37.4 Å². The standard InChI is InChI=1S/C17H21N7/c18-17-14-5-1-2-6-15(14)21-16(22-17)10-23-7-3-4-13(8-23)9-24-12-19-11-20-24/h1-2,5-6,11-13H,3-4,7-10H2,(H2,18,21,22)/t13-/m0/s1. The topological polar surface area (TPSA) is 85.8 Å². The molecule has 124 valence electrons. The molecule has 0 unspecified atom stereocenters. The number of piperidine rings is 1. The van der Waals surface area contributed by atoms with Gasteiger partial charge in [0, 0.05) is 18.5 Å². The Bertz CT molecular complexity index is 815. The number of aromatic nitrogens is 5. The van der Waals surface area contributed by atoms with Crippen molar-refractivity contribution in [3.63, 3.8) is 0 Å². The fourth-order valence-electron chi connectivity index (χ4n) is 3.46. The number of nitrogens with two attached hydrogens (primary N) is 1. The summed E-state index contributed by atoms with van der Waals surface area (Å²) in [4.78, 5) is 15.6. The number of nitrogens with zero attached hydrogens (tertiary/aromatic N) is 6. The SMILES string of the molecule is Nc1nc(CN2CCC[C@H](Cn3cncn3)C2)nc2ccccc12. The molecule has 1 saturated heterocycles. The van der Waals surface area contributed by atoms with E-state index in [2.05, 4.69) is 25.0 Å². The summed E-state index contributed by atoms with van der Waals surface area (Å²) in [6.45, 7) is 3.75. The molecule has 7 nitrogen and oxygen atoms in total. The number of para-hydroxylation sites is 1. The first-order valence-electron chi connectivity index (χ1n) is 8.34. The second-order valence-electron chi connectivity index (χ2n) is 6.40. The third-order valence-electron chi connectivity index (χ3n) is 4.56. The van der Waals surface area contributed by atoms with Crippen LogP contribution in [0.15, 0.2) is 36.9 Å². The first kappa shape index (κ1) is 15.0. The number of anilines is 1. The molecule has 0 saturated carbocycles. The molecular weight excluding hydrogens is 302 g/mol. The number of rotatable bonds is 4. The van der Waals surface area contributed by atoms with E-state index in [0.29, 0.717) is 11.7 Å². The molecule has 1 aliphatic rings. The van der Waals surface area contributed by atoms with Gasteiger partial charge >= 0.3 is 0 Å². The van der Waals surface area contributed by atoms with Gasteiger partial charge in [-0.25, -0.2) is 15.0 Å². The Labute approximate surface area is 140 Å². The van der Waals surface area contributed by atoms with Crippen LogP contribution in [0.2, 0.25) is 0 Å². The maximum absolute atomic E-state index is 6.09. The molecule has 0 radical (unpaired) electrons. The predicted octanol–water partition coefficient (Wildman–Crippen LogP) is 1.72. The van der Waals surface area contributed by atoms with Crippen molar-refractivity contribution in [3.8, 4) is 0 Å². The van der Waals surface area contributed by atoms with E-state index in [4.69, 9.17) is 5.73 Å². The quantitative estimate of drug-likeness (QED) is 0.787. The molecule has 1 fully saturated rings. The lowest BCUT2D eigenvalue weighted by Crippen LogP contribution is -2.37. The molecule has 0 amide bonds.